The standard InChI is InChI=1S/C23H22F2N4O4/c1-27-8-15(7-26)14-2-3-20(18(25)4-14)32-11-13-9-29(10-13)23(31)16-5-19-21(6-17(16)24)33-12-22(30)28-19/h2-8,13,26-27H,9-12H2,1H3,(H,28,30)/b15-8+,26-7?. The number of nitrogens with one attached hydrogen (secondary N) is 3. The topological polar surface area (TPSA) is 104 Å². The highest BCUT2D eigenvalue weighted by Crippen LogP contribution is 2.32. The molecule has 172 valence electrons. The van der Waals surface area contributed by atoms with Crippen LogP contribution in [0, 0.1) is 23.0 Å². The van der Waals surface area contributed by atoms with Crippen molar-refractivity contribution in [1.82, 2.24) is 10.2 Å². The number of rotatable bonds is 7. The third-order valence-corrected chi connectivity index (χ3v) is 5.37. The number of likely N-dealkylation sites (tertiary alicyclic amines) is 1. The number of ether oxygens (including phenoxy) is 2. The van der Waals surface area contributed by atoms with Crippen LogP contribution in [0.25, 0.3) is 5.57 Å². The van der Waals surface area contributed by atoms with Crippen LogP contribution in [0.1, 0.15) is 15.9 Å². The Labute approximate surface area is 188 Å². The van der Waals surface area contributed by atoms with Crippen LogP contribution in [0.15, 0.2) is 36.5 Å². The Morgan fingerprint density at radius 3 is 2.79 bits per heavy atom. The van der Waals surface area contributed by atoms with Gasteiger partial charge < -0.3 is 30.4 Å². The van der Waals surface area contributed by atoms with Crippen molar-refractivity contribution >= 4 is 29.3 Å². The van der Waals surface area contributed by atoms with E-state index in [1.54, 1.807) is 19.3 Å². The van der Waals surface area contributed by atoms with Crippen molar-refractivity contribution in [2.24, 2.45) is 5.92 Å². The highest BCUT2D eigenvalue weighted by atomic mass is 19.1. The first-order valence-electron chi connectivity index (χ1n) is 10.3. The van der Waals surface area contributed by atoms with Gasteiger partial charge in [-0.2, -0.15) is 0 Å². The molecule has 1 saturated heterocycles. The molecule has 2 aromatic rings. The summed E-state index contributed by atoms with van der Waals surface area (Å²) < 4.78 is 39.5. The Morgan fingerprint density at radius 2 is 2.09 bits per heavy atom. The number of anilines is 1. The lowest BCUT2D eigenvalue weighted by atomic mass is 9.99. The maximum absolute atomic E-state index is 14.4. The molecular weight excluding hydrogens is 434 g/mol. The van der Waals surface area contributed by atoms with E-state index < -0.39 is 17.5 Å². The Balaban J connectivity index is 1.34. The van der Waals surface area contributed by atoms with Crippen LogP contribution in [0.2, 0.25) is 0 Å². The van der Waals surface area contributed by atoms with Gasteiger partial charge in [0, 0.05) is 50.1 Å². The predicted octanol–water partition coefficient (Wildman–Crippen LogP) is 2.66. The van der Waals surface area contributed by atoms with Crippen LogP contribution in [0.5, 0.6) is 11.5 Å². The number of benzene rings is 2. The molecule has 3 N–H and O–H groups in total. The van der Waals surface area contributed by atoms with Gasteiger partial charge in [-0.05, 0) is 23.8 Å². The first-order chi connectivity index (χ1) is 15.9. The van der Waals surface area contributed by atoms with Crippen LogP contribution in [-0.4, -0.2) is 56.3 Å². The zero-order valence-electron chi connectivity index (χ0n) is 17.8. The van der Waals surface area contributed by atoms with Gasteiger partial charge in [0.2, 0.25) is 0 Å². The van der Waals surface area contributed by atoms with Crippen LogP contribution >= 0.6 is 0 Å². The smallest absolute Gasteiger partial charge is 0.262 e. The van der Waals surface area contributed by atoms with Gasteiger partial charge in [0.15, 0.2) is 18.2 Å². The summed E-state index contributed by atoms with van der Waals surface area (Å²) in [4.78, 5) is 25.6. The van der Waals surface area contributed by atoms with E-state index in [1.165, 1.54) is 23.1 Å². The highest BCUT2D eigenvalue weighted by molar-refractivity contribution is 6.08. The Kier molecular flexibility index (Phi) is 6.25. The summed E-state index contributed by atoms with van der Waals surface area (Å²) in [7, 11) is 1.69. The number of halogens is 2. The molecule has 33 heavy (non-hydrogen) atoms. The lowest BCUT2D eigenvalue weighted by molar-refractivity contribution is -0.118. The Bertz CT molecular complexity index is 1150. The van der Waals surface area contributed by atoms with E-state index >= 15 is 0 Å². The van der Waals surface area contributed by atoms with Crippen molar-refractivity contribution in [2.75, 3.05) is 38.7 Å². The normalized spacial score (nSPS) is 15.7. The van der Waals surface area contributed by atoms with Gasteiger partial charge in [-0.15, -0.1) is 0 Å². The molecule has 2 aromatic carbocycles. The number of carbonyl (C=O) groups is 2. The zero-order chi connectivity index (χ0) is 23.5. The maximum atomic E-state index is 14.4. The fourth-order valence-electron chi connectivity index (χ4n) is 3.65. The van der Waals surface area contributed by atoms with Crippen molar-refractivity contribution in [3.8, 4) is 11.5 Å². The largest absolute Gasteiger partial charge is 0.490 e. The molecule has 0 bridgehead atoms. The van der Waals surface area contributed by atoms with Crippen LogP contribution in [-0.2, 0) is 4.79 Å². The van der Waals surface area contributed by atoms with E-state index in [4.69, 9.17) is 14.9 Å². The summed E-state index contributed by atoms with van der Waals surface area (Å²) in [6.45, 7) is 0.662. The van der Waals surface area contributed by atoms with Crippen LogP contribution < -0.4 is 20.1 Å². The molecular formula is C23H22F2N4O4. The number of amides is 2. The van der Waals surface area contributed by atoms with Gasteiger partial charge in [0.25, 0.3) is 11.8 Å². The first kappa shape index (κ1) is 22.3. The predicted molar refractivity (Wildman–Crippen MR) is 118 cm³/mol. The van der Waals surface area contributed by atoms with Gasteiger partial charge in [0.1, 0.15) is 11.6 Å². The first-order valence-corrected chi connectivity index (χ1v) is 10.3. The molecule has 0 unspecified atom stereocenters. The minimum atomic E-state index is -0.728. The third kappa shape index (κ3) is 4.64. The number of hydrogen-bond donors (Lipinski definition) is 3. The number of fused-ring (bicyclic) bond motifs is 1. The van der Waals surface area contributed by atoms with Gasteiger partial charge in [-0.3, -0.25) is 9.59 Å². The summed E-state index contributed by atoms with van der Waals surface area (Å²) in [5.74, 6) is -1.93. The lowest BCUT2D eigenvalue weighted by Gasteiger charge is -2.39. The van der Waals surface area contributed by atoms with Gasteiger partial charge in [-0.1, -0.05) is 6.07 Å². The molecule has 2 aliphatic rings. The summed E-state index contributed by atoms with van der Waals surface area (Å²) >= 11 is 0. The van der Waals surface area contributed by atoms with E-state index in [0.717, 1.165) is 12.3 Å². The maximum Gasteiger partial charge on any atom is 0.262 e. The number of hydrogen-bond acceptors (Lipinski definition) is 6. The minimum Gasteiger partial charge on any atom is -0.490 e. The zero-order valence-corrected chi connectivity index (χ0v) is 17.8. The van der Waals surface area contributed by atoms with Crippen molar-refractivity contribution in [3.05, 3.63) is 59.3 Å². The SMILES string of the molecule is CN/C=C(\C=N)c1ccc(OCC2CN(C(=O)c3cc4c(cc3F)OCC(=O)N4)C2)c(F)c1. The molecule has 2 amide bonds. The van der Waals surface area contributed by atoms with E-state index in [0.29, 0.717) is 24.2 Å². The second-order valence-corrected chi connectivity index (χ2v) is 7.73. The Hall–Kier alpha value is -3.95. The molecule has 8 nitrogen and oxygen atoms in total. The molecule has 2 heterocycles. The van der Waals surface area contributed by atoms with Gasteiger partial charge in [-0.25, -0.2) is 8.78 Å². The summed E-state index contributed by atoms with van der Waals surface area (Å²) in [5.41, 5.74) is 1.16. The number of carbonyl (C=O) groups excluding carboxylic acids is 2. The van der Waals surface area contributed by atoms with Crippen molar-refractivity contribution in [1.29, 1.82) is 5.41 Å². The minimum absolute atomic E-state index is 0.0296. The van der Waals surface area contributed by atoms with Crippen LogP contribution in [0.3, 0.4) is 0 Å². The monoisotopic (exact) mass is 456 g/mol. The molecule has 0 aromatic heterocycles. The molecule has 0 spiro atoms. The summed E-state index contributed by atoms with van der Waals surface area (Å²) in [6.07, 6.45) is 2.71. The molecule has 0 radical (unpaired) electrons. The fourth-order valence-corrected chi connectivity index (χ4v) is 3.65. The van der Waals surface area contributed by atoms with E-state index in [-0.39, 0.29) is 47.8 Å². The van der Waals surface area contributed by atoms with Gasteiger partial charge >= 0.3 is 0 Å². The summed E-state index contributed by atoms with van der Waals surface area (Å²) in [6, 6.07) is 6.81. The molecule has 0 aliphatic carbocycles. The molecule has 2 aliphatic heterocycles. The van der Waals surface area contributed by atoms with E-state index in [1.807, 2.05) is 0 Å². The summed E-state index contributed by atoms with van der Waals surface area (Å²) in [5, 5.41) is 12.8. The molecule has 0 atom stereocenters. The number of allylic oxidation sites excluding steroid dienone is 1. The second kappa shape index (κ2) is 9.27. The average Bonchev–Trinajstić information content (AvgIpc) is 2.77. The highest BCUT2D eigenvalue weighted by Gasteiger charge is 2.34. The average molecular weight is 456 g/mol. The second-order valence-electron chi connectivity index (χ2n) is 7.73. The quantitative estimate of drug-likeness (QED) is 0.556. The molecule has 4 rings (SSSR count). The van der Waals surface area contributed by atoms with E-state index in [9.17, 15) is 18.4 Å². The molecule has 10 heteroatoms. The lowest BCUT2D eigenvalue weighted by Crippen LogP contribution is -2.52. The van der Waals surface area contributed by atoms with Crippen molar-refractivity contribution in [3.63, 3.8) is 0 Å². The fraction of sp³-hybridized carbons (Fsp3) is 0.261. The number of nitrogens with zero attached hydrogens (tertiary/aromatic N) is 1. The Morgan fingerprint density at radius 1 is 1.30 bits per heavy atom. The van der Waals surface area contributed by atoms with Crippen molar-refractivity contribution < 1.29 is 27.8 Å². The van der Waals surface area contributed by atoms with Crippen molar-refractivity contribution in [2.45, 2.75) is 0 Å². The van der Waals surface area contributed by atoms with Gasteiger partial charge in [0.05, 0.1) is 17.9 Å². The molecule has 1 fully saturated rings. The van der Waals surface area contributed by atoms with Crippen LogP contribution in [0.4, 0.5) is 14.5 Å². The van der Waals surface area contributed by atoms with E-state index in [2.05, 4.69) is 10.6 Å². The third-order valence-electron chi connectivity index (χ3n) is 5.37. The molecule has 0 saturated carbocycles.